The third kappa shape index (κ3) is 5.91. The molecule has 0 fully saturated rings. The number of aromatic nitrogens is 2. The number of primary sulfonamides is 1. The number of nitrogens with two attached hydrogens (primary N) is 1. The predicted octanol–water partition coefficient (Wildman–Crippen LogP) is 0.641. The third-order valence-electron chi connectivity index (χ3n) is 4.14. The van der Waals surface area contributed by atoms with Crippen molar-refractivity contribution in [1.29, 1.82) is 0 Å². The monoisotopic (exact) mass is 482 g/mol. The number of thiophene rings is 1. The molecular formula is C18H18N4O6S3. The van der Waals surface area contributed by atoms with Crippen LogP contribution in [0.5, 0.6) is 0 Å². The van der Waals surface area contributed by atoms with Crippen LogP contribution in [0.2, 0.25) is 0 Å². The molecule has 3 rings (SSSR count). The number of thioether (sulfide) groups is 1. The van der Waals surface area contributed by atoms with E-state index in [0.717, 1.165) is 21.9 Å². The number of carboxylic acids is 1. The Morgan fingerprint density at radius 2 is 1.94 bits per heavy atom. The SMILES string of the molecule is NS(=O)(=O)c1ccc(CCNC(=O)CSc2nc3ccsc3c(=O)n2CC(=O)O)cc1. The van der Waals surface area contributed by atoms with Crippen LogP contribution in [0, 0.1) is 0 Å². The molecule has 10 nitrogen and oxygen atoms in total. The van der Waals surface area contributed by atoms with Crippen molar-refractivity contribution >= 4 is 55.2 Å². The minimum absolute atomic E-state index is 0.0131. The summed E-state index contributed by atoms with van der Waals surface area (Å²) in [5.41, 5.74) is 0.830. The smallest absolute Gasteiger partial charge is 0.323 e. The van der Waals surface area contributed by atoms with Gasteiger partial charge in [-0.05, 0) is 35.6 Å². The lowest BCUT2D eigenvalue weighted by Gasteiger charge is -2.10. The number of amides is 1. The number of fused-ring (bicyclic) bond motifs is 1. The number of nitrogens with one attached hydrogen (secondary N) is 1. The Labute approximate surface area is 185 Å². The first-order chi connectivity index (χ1) is 14.6. The molecule has 1 aromatic carbocycles. The number of rotatable bonds is 9. The van der Waals surface area contributed by atoms with E-state index in [-0.39, 0.29) is 21.7 Å². The van der Waals surface area contributed by atoms with E-state index in [1.165, 1.54) is 23.5 Å². The first-order valence-electron chi connectivity index (χ1n) is 8.86. The summed E-state index contributed by atoms with van der Waals surface area (Å²) in [6.07, 6.45) is 0.476. The van der Waals surface area contributed by atoms with Gasteiger partial charge in [0.25, 0.3) is 5.56 Å². The second-order valence-corrected chi connectivity index (χ2v) is 9.81. The molecule has 13 heteroatoms. The van der Waals surface area contributed by atoms with Crippen molar-refractivity contribution in [1.82, 2.24) is 14.9 Å². The lowest BCUT2D eigenvalue weighted by molar-refractivity contribution is -0.137. The Morgan fingerprint density at radius 1 is 1.23 bits per heavy atom. The molecule has 164 valence electrons. The van der Waals surface area contributed by atoms with Gasteiger partial charge in [-0.2, -0.15) is 0 Å². The first kappa shape index (κ1) is 22.9. The minimum Gasteiger partial charge on any atom is -0.480 e. The molecule has 0 unspecified atom stereocenters. The van der Waals surface area contributed by atoms with Gasteiger partial charge in [0.1, 0.15) is 11.2 Å². The highest BCUT2D eigenvalue weighted by Gasteiger charge is 2.16. The average Bonchev–Trinajstić information content (AvgIpc) is 3.17. The largest absolute Gasteiger partial charge is 0.480 e. The van der Waals surface area contributed by atoms with Crippen molar-refractivity contribution in [2.24, 2.45) is 5.14 Å². The van der Waals surface area contributed by atoms with Crippen molar-refractivity contribution in [3.05, 3.63) is 51.6 Å². The van der Waals surface area contributed by atoms with Crippen LogP contribution in [0.3, 0.4) is 0 Å². The Morgan fingerprint density at radius 3 is 2.58 bits per heavy atom. The van der Waals surface area contributed by atoms with Crippen LogP contribution in [0.15, 0.2) is 50.6 Å². The number of carbonyl (C=O) groups is 2. The summed E-state index contributed by atoms with van der Waals surface area (Å²) in [6.45, 7) is -0.231. The van der Waals surface area contributed by atoms with Crippen LogP contribution in [-0.2, 0) is 32.6 Å². The highest BCUT2D eigenvalue weighted by Crippen LogP contribution is 2.20. The second-order valence-electron chi connectivity index (χ2n) is 6.39. The molecule has 0 spiro atoms. The Bertz CT molecular complexity index is 1280. The molecule has 4 N–H and O–H groups in total. The van der Waals surface area contributed by atoms with Gasteiger partial charge < -0.3 is 10.4 Å². The number of carbonyl (C=O) groups excluding carboxylic acids is 1. The van der Waals surface area contributed by atoms with E-state index in [2.05, 4.69) is 10.3 Å². The first-order valence-corrected chi connectivity index (χ1v) is 12.3. The molecule has 0 saturated carbocycles. The molecule has 0 aliphatic rings. The van der Waals surface area contributed by atoms with Crippen LogP contribution in [-0.4, -0.2) is 47.2 Å². The molecule has 0 radical (unpaired) electrons. The topological polar surface area (TPSA) is 161 Å². The van der Waals surface area contributed by atoms with Gasteiger partial charge in [0.2, 0.25) is 15.9 Å². The Kier molecular flexibility index (Phi) is 7.10. The highest BCUT2D eigenvalue weighted by atomic mass is 32.2. The summed E-state index contributed by atoms with van der Waals surface area (Å²) < 4.78 is 23.9. The van der Waals surface area contributed by atoms with E-state index in [1.54, 1.807) is 23.6 Å². The summed E-state index contributed by atoms with van der Waals surface area (Å²) in [5.74, 6) is -1.54. The molecule has 3 aromatic rings. The van der Waals surface area contributed by atoms with Gasteiger partial charge in [-0.1, -0.05) is 23.9 Å². The van der Waals surface area contributed by atoms with Crippen LogP contribution in [0.1, 0.15) is 5.56 Å². The highest BCUT2D eigenvalue weighted by molar-refractivity contribution is 7.99. The molecule has 0 bridgehead atoms. The molecule has 31 heavy (non-hydrogen) atoms. The number of carboxylic acid groups (broad SMARTS) is 1. The number of hydrogen-bond donors (Lipinski definition) is 3. The van der Waals surface area contributed by atoms with Crippen molar-refractivity contribution in [3.63, 3.8) is 0 Å². The summed E-state index contributed by atoms with van der Waals surface area (Å²) in [4.78, 5) is 40.1. The van der Waals surface area contributed by atoms with Crippen LogP contribution < -0.4 is 16.0 Å². The van der Waals surface area contributed by atoms with Crippen LogP contribution in [0.25, 0.3) is 10.2 Å². The van der Waals surface area contributed by atoms with Crippen molar-refractivity contribution < 1.29 is 23.1 Å². The molecule has 1 amide bonds. The number of sulfonamides is 1. The van der Waals surface area contributed by atoms with Gasteiger partial charge in [-0.25, -0.2) is 18.5 Å². The number of hydrogen-bond acceptors (Lipinski definition) is 8. The lowest BCUT2D eigenvalue weighted by Crippen LogP contribution is -2.29. The molecule has 0 saturated heterocycles. The predicted molar refractivity (Wildman–Crippen MR) is 117 cm³/mol. The van der Waals surface area contributed by atoms with Crippen molar-refractivity contribution in [2.75, 3.05) is 12.3 Å². The van der Waals surface area contributed by atoms with Gasteiger partial charge in [0, 0.05) is 6.54 Å². The fourth-order valence-corrected chi connectivity index (χ4v) is 4.80. The Hall–Kier alpha value is -2.74. The maximum Gasteiger partial charge on any atom is 0.323 e. The fraction of sp³-hybridized carbons (Fsp3) is 0.222. The second kappa shape index (κ2) is 9.60. The lowest BCUT2D eigenvalue weighted by atomic mass is 10.1. The molecule has 0 aliphatic heterocycles. The van der Waals surface area contributed by atoms with Gasteiger partial charge in [-0.3, -0.25) is 19.0 Å². The minimum atomic E-state index is -3.75. The molecule has 2 heterocycles. The van der Waals surface area contributed by atoms with Gasteiger partial charge in [0.15, 0.2) is 5.16 Å². The number of nitrogens with zero attached hydrogens (tertiary/aromatic N) is 2. The number of benzene rings is 1. The van der Waals surface area contributed by atoms with E-state index in [4.69, 9.17) is 10.2 Å². The zero-order valence-corrected chi connectivity index (χ0v) is 18.4. The average molecular weight is 483 g/mol. The molecule has 0 atom stereocenters. The van der Waals surface area contributed by atoms with Crippen LogP contribution >= 0.6 is 23.1 Å². The zero-order valence-electron chi connectivity index (χ0n) is 16.0. The summed E-state index contributed by atoms with van der Waals surface area (Å²) in [5, 5.41) is 18.7. The zero-order chi connectivity index (χ0) is 22.6. The normalized spacial score (nSPS) is 11.5. The van der Waals surface area contributed by atoms with E-state index >= 15 is 0 Å². The van der Waals surface area contributed by atoms with E-state index in [1.807, 2.05) is 0 Å². The molecular weight excluding hydrogens is 464 g/mol. The quantitative estimate of drug-likeness (QED) is 0.296. The van der Waals surface area contributed by atoms with E-state index in [9.17, 15) is 22.8 Å². The Balaban J connectivity index is 1.59. The summed E-state index contributed by atoms with van der Waals surface area (Å²) in [7, 11) is -3.75. The molecule has 2 aromatic heterocycles. The summed E-state index contributed by atoms with van der Waals surface area (Å²) in [6, 6.07) is 7.70. The van der Waals surface area contributed by atoms with E-state index in [0.29, 0.717) is 23.2 Å². The van der Waals surface area contributed by atoms with Crippen LogP contribution in [0.4, 0.5) is 0 Å². The van der Waals surface area contributed by atoms with Crippen molar-refractivity contribution in [2.45, 2.75) is 23.0 Å². The van der Waals surface area contributed by atoms with E-state index < -0.39 is 28.1 Å². The maximum absolute atomic E-state index is 12.5. The van der Waals surface area contributed by atoms with Gasteiger partial charge >= 0.3 is 5.97 Å². The molecule has 0 aliphatic carbocycles. The fourth-order valence-electron chi connectivity index (χ4n) is 2.68. The van der Waals surface area contributed by atoms with Gasteiger partial charge in [0.05, 0.1) is 16.2 Å². The van der Waals surface area contributed by atoms with Crippen molar-refractivity contribution in [3.8, 4) is 0 Å². The maximum atomic E-state index is 12.5. The standard InChI is InChI=1S/C18H18N4O6S3/c19-31(27,28)12-3-1-11(2-4-12)5-7-20-14(23)10-30-18-21-13-6-8-29-16(13)17(26)22(18)9-15(24)25/h1-4,6,8H,5,7,9-10H2,(H,20,23)(H,24,25)(H2,19,27,28). The third-order valence-corrected chi connectivity index (χ3v) is 6.94. The van der Waals surface area contributed by atoms with Gasteiger partial charge in [-0.15, -0.1) is 11.3 Å². The number of aliphatic carboxylic acids is 1. The summed E-state index contributed by atoms with van der Waals surface area (Å²) >= 11 is 2.16.